The highest BCUT2D eigenvalue weighted by atomic mass is 35.5. The molecule has 0 atom stereocenters. The molecule has 0 aliphatic rings. The van der Waals surface area contributed by atoms with Crippen molar-refractivity contribution in [1.29, 1.82) is 0 Å². The van der Waals surface area contributed by atoms with Crippen molar-refractivity contribution < 1.29 is 4.79 Å². The Kier molecular flexibility index (Phi) is 4.05. The fourth-order valence-corrected chi connectivity index (χ4v) is 1.06. The van der Waals surface area contributed by atoms with Crippen LogP contribution in [0.5, 0.6) is 0 Å². The Balaban J connectivity index is 3.40. The Morgan fingerprint density at radius 2 is 2.33 bits per heavy atom. The van der Waals surface area contributed by atoms with Gasteiger partial charge in [0.25, 0.3) is 0 Å². The van der Waals surface area contributed by atoms with Crippen LogP contribution < -0.4 is 5.49 Å². The lowest BCUT2D eigenvalue weighted by Crippen LogP contribution is -2.23. The smallest absolute Gasteiger partial charge is 0.236 e. The van der Waals surface area contributed by atoms with Gasteiger partial charge in [-0.3, -0.25) is 4.79 Å². The monoisotopic (exact) mass is 245 g/mol. The number of hydrogen-bond donors (Lipinski definition) is 0. The Bertz CT molecular complexity index is 473. The molecule has 0 aromatic carbocycles. The first-order valence-electron chi connectivity index (χ1n) is 4.12. The lowest BCUT2D eigenvalue weighted by molar-refractivity contribution is 0.535. The number of rotatable bonds is 2. The van der Waals surface area contributed by atoms with Crippen molar-refractivity contribution in [3.63, 3.8) is 0 Å². The molecule has 0 spiro atoms. The van der Waals surface area contributed by atoms with E-state index in [4.69, 9.17) is 23.2 Å². The number of nitrogens with zero attached hydrogens (tertiary/aromatic N) is 3. The van der Waals surface area contributed by atoms with Gasteiger partial charge in [0, 0.05) is 11.2 Å². The standard InChI is InChI=1S/C9H9Cl2N3O/c1-6-3-8(12-4-7(2)10)14(5-15)13-9(6)11/h3-5H,1-2H3/b7-4+,12-8?. The summed E-state index contributed by atoms with van der Waals surface area (Å²) in [6.07, 6.45) is 1.97. The largest absolute Gasteiger partial charge is 0.276 e. The molecule has 0 unspecified atom stereocenters. The minimum absolute atomic E-state index is 0.271. The summed E-state index contributed by atoms with van der Waals surface area (Å²) in [5.41, 5.74) is 1.13. The zero-order valence-electron chi connectivity index (χ0n) is 8.24. The van der Waals surface area contributed by atoms with Gasteiger partial charge in [-0.2, -0.15) is 9.78 Å². The molecule has 0 bridgehead atoms. The van der Waals surface area contributed by atoms with Crippen LogP contribution in [-0.2, 0) is 4.79 Å². The Labute approximate surface area is 96.8 Å². The van der Waals surface area contributed by atoms with Crippen LogP contribution in [0.4, 0.5) is 0 Å². The average molecular weight is 246 g/mol. The third-order valence-electron chi connectivity index (χ3n) is 1.58. The van der Waals surface area contributed by atoms with Crippen molar-refractivity contribution in [3.8, 4) is 0 Å². The van der Waals surface area contributed by atoms with Crippen LogP contribution in [0.15, 0.2) is 22.3 Å². The SMILES string of the molecule is C/C(Cl)=C\N=c1cc(C)c(Cl)nn1C=O. The van der Waals surface area contributed by atoms with E-state index in [1.807, 2.05) is 0 Å². The molecule has 80 valence electrons. The number of aromatic nitrogens is 2. The van der Waals surface area contributed by atoms with Crippen LogP contribution in [-0.4, -0.2) is 16.2 Å². The molecule has 0 fully saturated rings. The maximum Gasteiger partial charge on any atom is 0.236 e. The second kappa shape index (κ2) is 5.09. The molecule has 0 amide bonds. The quantitative estimate of drug-likeness (QED) is 0.748. The summed E-state index contributed by atoms with van der Waals surface area (Å²) < 4.78 is 1.05. The predicted octanol–water partition coefficient (Wildman–Crippen LogP) is 1.88. The van der Waals surface area contributed by atoms with Gasteiger partial charge in [0.05, 0.1) is 0 Å². The van der Waals surface area contributed by atoms with Gasteiger partial charge in [0.2, 0.25) is 6.41 Å². The second-order valence-corrected chi connectivity index (χ2v) is 3.83. The van der Waals surface area contributed by atoms with Gasteiger partial charge in [-0.1, -0.05) is 23.2 Å². The lowest BCUT2D eigenvalue weighted by Gasteiger charge is -2.00. The van der Waals surface area contributed by atoms with Crippen molar-refractivity contribution in [2.75, 3.05) is 0 Å². The molecule has 0 aliphatic carbocycles. The fourth-order valence-electron chi connectivity index (χ4n) is 0.873. The summed E-state index contributed by atoms with van der Waals surface area (Å²) in [6, 6.07) is 1.65. The third-order valence-corrected chi connectivity index (χ3v) is 2.05. The third kappa shape index (κ3) is 3.18. The van der Waals surface area contributed by atoms with Crippen molar-refractivity contribution in [2.45, 2.75) is 13.8 Å². The maximum absolute atomic E-state index is 10.7. The van der Waals surface area contributed by atoms with Gasteiger partial charge in [0.15, 0.2) is 10.6 Å². The van der Waals surface area contributed by atoms with E-state index in [1.165, 1.54) is 6.20 Å². The average Bonchev–Trinajstić information content (AvgIpc) is 2.19. The highest BCUT2D eigenvalue weighted by molar-refractivity contribution is 6.30. The summed E-state index contributed by atoms with van der Waals surface area (Å²) in [5, 5.41) is 4.60. The second-order valence-electron chi connectivity index (χ2n) is 2.87. The van der Waals surface area contributed by atoms with E-state index in [0.717, 1.165) is 10.2 Å². The molecule has 15 heavy (non-hydrogen) atoms. The van der Waals surface area contributed by atoms with Gasteiger partial charge >= 0.3 is 0 Å². The van der Waals surface area contributed by atoms with Crippen LogP contribution in [0.2, 0.25) is 5.15 Å². The number of hydrogen-bond acceptors (Lipinski definition) is 3. The minimum atomic E-state index is 0.271. The normalized spacial score (nSPS) is 13.1. The van der Waals surface area contributed by atoms with E-state index in [0.29, 0.717) is 16.9 Å². The zero-order chi connectivity index (χ0) is 11.4. The zero-order valence-corrected chi connectivity index (χ0v) is 9.75. The minimum Gasteiger partial charge on any atom is -0.276 e. The summed E-state index contributed by atoms with van der Waals surface area (Å²) >= 11 is 11.4. The van der Waals surface area contributed by atoms with E-state index in [2.05, 4.69) is 10.1 Å². The van der Waals surface area contributed by atoms with Gasteiger partial charge < -0.3 is 0 Å². The molecule has 1 heterocycles. The van der Waals surface area contributed by atoms with Gasteiger partial charge in [0.1, 0.15) is 0 Å². The van der Waals surface area contributed by atoms with Crippen LogP contribution in [0, 0.1) is 6.92 Å². The number of carbonyl (C=O) groups is 1. The van der Waals surface area contributed by atoms with Gasteiger partial charge in [-0.15, -0.1) is 0 Å². The Morgan fingerprint density at radius 3 is 2.87 bits per heavy atom. The number of aryl methyl sites for hydroxylation is 1. The molecule has 6 heteroatoms. The first-order chi connectivity index (χ1) is 7.04. The molecular formula is C9H9Cl2N3O. The van der Waals surface area contributed by atoms with Crippen molar-refractivity contribution in [1.82, 2.24) is 9.78 Å². The van der Waals surface area contributed by atoms with E-state index in [1.54, 1.807) is 19.9 Å². The molecule has 1 aromatic rings. The first-order valence-corrected chi connectivity index (χ1v) is 4.87. The molecule has 1 aromatic heterocycles. The molecule has 4 nitrogen and oxygen atoms in total. The van der Waals surface area contributed by atoms with Crippen LogP contribution in [0.25, 0.3) is 0 Å². The summed E-state index contributed by atoms with van der Waals surface area (Å²) in [7, 11) is 0. The Hall–Kier alpha value is -1.13. The summed E-state index contributed by atoms with van der Waals surface area (Å²) in [5.74, 6) is 0. The van der Waals surface area contributed by atoms with Crippen molar-refractivity contribution in [2.24, 2.45) is 4.99 Å². The van der Waals surface area contributed by atoms with Crippen LogP contribution in [0.1, 0.15) is 12.5 Å². The van der Waals surface area contributed by atoms with E-state index in [-0.39, 0.29) is 5.15 Å². The van der Waals surface area contributed by atoms with E-state index in [9.17, 15) is 4.79 Å². The van der Waals surface area contributed by atoms with E-state index < -0.39 is 0 Å². The van der Waals surface area contributed by atoms with Crippen LogP contribution in [0.3, 0.4) is 0 Å². The fraction of sp³-hybridized carbons (Fsp3) is 0.222. The predicted molar refractivity (Wildman–Crippen MR) is 59.3 cm³/mol. The summed E-state index contributed by atoms with van der Waals surface area (Å²) in [6.45, 7) is 3.47. The van der Waals surface area contributed by atoms with Crippen molar-refractivity contribution in [3.05, 3.63) is 33.5 Å². The van der Waals surface area contributed by atoms with Crippen molar-refractivity contribution >= 4 is 29.6 Å². The Morgan fingerprint density at radius 1 is 1.67 bits per heavy atom. The topological polar surface area (TPSA) is 47.2 Å². The molecule has 0 radical (unpaired) electrons. The van der Waals surface area contributed by atoms with E-state index >= 15 is 0 Å². The molecule has 0 saturated heterocycles. The van der Waals surface area contributed by atoms with Gasteiger partial charge in [-0.25, -0.2) is 4.99 Å². The molecule has 1 rings (SSSR count). The molecule has 0 N–H and O–H groups in total. The van der Waals surface area contributed by atoms with Crippen LogP contribution >= 0.6 is 23.2 Å². The number of allylic oxidation sites excluding steroid dienone is 1. The molecular weight excluding hydrogens is 237 g/mol. The maximum atomic E-state index is 10.7. The molecule has 0 saturated carbocycles. The number of halogens is 2. The summed E-state index contributed by atoms with van der Waals surface area (Å²) in [4.78, 5) is 14.7. The first kappa shape index (κ1) is 11.9. The lowest BCUT2D eigenvalue weighted by atomic mass is 10.3. The highest BCUT2D eigenvalue weighted by Crippen LogP contribution is 2.06. The number of carbonyl (C=O) groups excluding carboxylic acids is 1. The highest BCUT2D eigenvalue weighted by Gasteiger charge is 1.99. The molecule has 0 aliphatic heterocycles. The van der Waals surface area contributed by atoms with Gasteiger partial charge in [-0.05, 0) is 25.5 Å².